The molecular weight excluding hydrogens is 321 g/mol. The third kappa shape index (κ3) is 2.24. The molecule has 0 N–H and O–H groups in total. The monoisotopic (exact) mass is 333 g/mol. The van der Waals surface area contributed by atoms with E-state index in [1.807, 2.05) is 25.1 Å². The van der Waals surface area contributed by atoms with Crippen molar-refractivity contribution in [1.82, 2.24) is 0 Å². The van der Waals surface area contributed by atoms with Gasteiger partial charge in [0.05, 0.1) is 0 Å². The largest absolute Gasteiger partial charge is 0.305 e. The Morgan fingerprint density at radius 2 is 1.95 bits per heavy atom. The Kier molecular flexibility index (Phi) is 3.34. The van der Waals surface area contributed by atoms with Crippen molar-refractivity contribution in [3.63, 3.8) is 0 Å². The van der Waals surface area contributed by atoms with Crippen molar-refractivity contribution in [2.24, 2.45) is 0 Å². The van der Waals surface area contributed by atoms with Crippen LogP contribution in [0.15, 0.2) is 46.9 Å². The molecule has 0 aliphatic carbocycles. The van der Waals surface area contributed by atoms with Crippen molar-refractivity contribution in [3.05, 3.63) is 63.9 Å². The van der Waals surface area contributed by atoms with E-state index >= 15 is 0 Å². The van der Waals surface area contributed by atoms with Gasteiger partial charge in [0.2, 0.25) is 0 Å². The van der Waals surface area contributed by atoms with E-state index in [-0.39, 0.29) is 17.8 Å². The lowest BCUT2D eigenvalue weighted by atomic mass is 10.1. The molecule has 20 heavy (non-hydrogen) atoms. The van der Waals surface area contributed by atoms with Crippen LogP contribution in [-0.4, -0.2) is 11.9 Å². The molecule has 1 aliphatic heterocycles. The quantitative estimate of drug-likeness (QED) is 0.766. The van der Waals surface area contributed by atoms with E-state index in [0.717, 1.165) is 22.1 Å². The van der Waals surface area contributed by atoms with Crippen LogP contribution in [0.3, 0.4) is 0 Å². The van der Waals surface area contributed by atoms with Crippen molar-refractivity contribution in [2.45, 2.75) is 19.4 Å². The van der Waals surface area contributed by atoms with Gasteiger partial charge < -0.3 is 4.90 Å². The van der Waals surface area contributed by atoms with Crippen molar-refractivity contribution >= 4 is 27.5 Å². The molecule has 4 heteroatoms. The molecule has 1 aliphatic rings. The smallest absolute Gasteiger partial charge is 0.258 e. The normalized spacial score (nSPS) is 17.1. The molecule has 102 valence electrons. The summed E-state index contributed by atoms with van der Waals surface area (Å²) >= 11 is 3.45. The van der Waals surface area contributed by atoms with Gasteiger partial charge >= 0.3 is 0 Å². The minimum atomic E-state index is -0.333. The molecule has 1 heterocycles. The third-order valence-electron chi connectivity index (χ3n) is 3.57. The Morgan fingerprint density at radius 3 is 2.65 bits per heavy atom. The first kappa shape index (κ1) is 13.3. The number of anilines is 1. The molecule has 2 aromatic rings. The van der Waals surface area contributed by atoms with Gasteiger partial charge in [0.1, 0.15) is 5.82 Å². The zero-order chi connectivity index (χ0) is 14.3. The number of hydrogen-bond acceptors (Lipinski definition) is 1. The highest BCUT2D eigenvalue weighted by atomic mass is 79.9. The summed E-state index contributed by atoms with van der Waals surface area (Å²) in [6.07, 6.45) is 0.835. The van der Waals surface area contributed by atoms with Gasteiger partial charge in [0.25, 0.3) is 5.91 Å². The second-order valence-corrected chi connectivity index (χ2v) is 5.92. The molecule has 0 unspecified atom stereocenters. The zero-order valence-corrected chi connectivity index (χ0v) is 12.5. The summed E-state index contributed by atoms with van der Waals surface area (Å²) in [6, 6.07) is 11.7. The number of rotatable bonds is 1. The van der Waals surface area contributed by atoms with Crippen molar-refractivity contribution in [2.75, 3.05) is 4.90 Å². The second kappa shape index (κ2) is 5.02. The van der Waals surface area contributed by atoms with E-state index in [1.165, 1.54) is 24.3 Å². The molecule has 2 aromatic carbocycles. The van der Waals surface area contributed by atoms with Gasteiger partial charge in [-0.3, -0.25) is 4.79 Å². The average molecular weight is 334 g/mol. The predicted octanol–water partition coefficient (Wildman–Crippen LogP) is 4.18. The van der Waals surface area contributed by atoms with Gasteiger partial charge in [-0.1, -0.05) is 15.9 Å². The summed E-state index contributed by atoms with van der Waals surface area (Å²) in [5.41, 5.74) is 2.60. The lowest BCUT2D eigenvalue weighted by Gasteiger charge is -2.22. The number of benzene rings is 2. The predicted molar refractivity (Wildman–Crippen MR) is 80.5 cm³/mol. The first-order valence-electron chi connectivity index (χ1n) is 6.44. The molecule has 0 aromatic heterocycles. The highest BCUT2D eigenvalue weighted by Gasteiger charge is 2.31. The van der Waals surface area contributed by atoms with E-state index in [0.29, 0.717) is 5.56 Å². The number of carbonyl (C=O) groups excluding carboxylic acids is 1. The molecule has 0 spiro atoms. The summed E-state index contributed by atoms with van der Waals surface area (Å²) < 4.78 is 14.0. The number of fused-ring (bicyclic) bond motifs is 1. The Labute approximate surface area is 125 Å². The van der Waals surface area contributed by atoms with E-state index in [2.05, 4.69) is 15.9 Å². The zero-order valence-electron chi connectivity index (χ0n) is 10.9. The Balaban J connectivity index is 1.98. The molecule has 0 saturated heterocycles. The number of hydrogen-bond donors (Lipinski definition) is 0. The maximum absolute atomic E-state index is 13.0. The standard InChI is InChI=1S/C16H13BrFNO/c1-10-8-12-9-13(17)4-7-15(12)19(10)16(20)11-2-5-14(18)6-3-11/h2-7,9-10H,8H2,1H3/t10-/m0/s1. The SMILES string of the molecule is C[C@H]1Cc2cc(Br)ccc2N1C(=O)c1ccc(F)cc1. The molecular formula is C16H13BrFNO. The molecule has 0 bridgehead atoms. The maximum Gasteiger partial charge on any atom is 0.258 e. The van der Waals surface area contributed by atoms with Crippen molar-refractivity contribution in [1.29, 1.82) is 0 Å². The Morgan fingerprint density at radius 1 is 1.25 bits per heavy atom. The fourth-order valence-corrected chi connectivity index (χ4v) is 3.05. The molecule has 1 amide bonds. The van der Waals surface area contributed by atoms with Gasteiger partial charge in [-0.15, -0.1) is 0 Å². The van der Waals surface area contributed by atoms with Crippen LogP contribution < -0.4 is 4.90 Å². The van der Waals surface area contributed by atoms with E-state index < -0.39 is 0 Å². The summed E-state index contributed by atoms with van der Waals surface area (Å²) in [5, 5.41) is 0. The lowest BCUT2D eigenvalue weighted by molar-refractivity contribution is 0.0981. The molecule has 0 saturated carbocycles. The van der Waals surface area contributed by atoms with Crippen LogP contribution in [0.25, 0.3) is 0 Å². The Bertz CT molecular complexity index is 669. The van der Waals surface area contributed by atoms with Gasteiger partial charge in [0, 0.05) is 21.8 Å². The fourth-order valence-electron chi connectivity index (χ4n) is 2.64. The van der Waals surface area contributed by atoms with Crippen LogP contribution in [0.2, 0.25) is 0 Å². The van der Waals surface area contributed by atoms with Crippen molar-refractivity contribution in [3.8, 4) is 0 Å². The molecule has 2 nitrogen and oxygen atoms in total. The number of carbonyl (C=O) groups is 1. The molecule has 0 fully saturated rings. The van der Waals surface area contributed by atoms with Crippen LogP contribution in [-0.2, 0) is 6.42 Å². The van der Waals surface area contributed by atoms with Crippen molar-refractivity contribution < 1.29 is 9.18 Å². The van der Waals surface area contributed by atoms with Gasteiger partial charge in [-0.2, -0.15) is 0 Å². The number of nitrogens with zero attached hydrogens (tertiary/aromatic N) is 1. The van der Waals surface area contributed by atoms with Crippen LogP contribution >= 0.6 is 15.9 Å². The number of halogens is 2. The number of amides is 1. The highest BCUT2D eigenvalue weighted by Crippen LogP contribution is 2.35. The minimum Gasteiger partial charge on any atom is -0.305 e. The van der Waals surface area contributed by atoms with E-state index in [9.17, 15) is 9.18 Å². The summed E-state index contributed by atoms with van der Waals surface area (Å²) in [7, 11) is 0. The summed E-state index contributed by atoms with van der Waals surface area (Å²) in [6.45, 7) is 2.02. The van der Waals surface area contributed by atoms with Gasteiger partial charge in [0.15, 0.2) is 0 Å². The molecule has 0 radical (unpaired) electrons. The van der Waals surface area contributed by atoms with Crippen LogP contribution in [0.4, 0.5) is 10.1 Å². The summed E-state index contributed by atoms with van der Waals surface area (Å²) in [4.78, 5) is 14.4. The highest BCUT2D eigenvalue weighted by molar-refractivity contribution is 9.10. The maximum atomic E-state index is 13.0. The molecule has 3 rings (SSSR count). The Hall–Kier alpha value is -1.68. The average Bonchev–Trinajstić information content (AvgIpc) is 2.73. The first-order chi connectivity index (χ1) is 9.56. The van der Waals surface area contributed by atoms with Crippen LogP contribution in [0.1, 0.15) is 22.8 Å². The van der Waals surface area contributed by atoms with Gasteiger partial charge in [-0.05, 0) is 61.4 Å². The summed E-state index contributed by atoms with van der Waals surface area (Å²) in [5.74, 6) is -0.418. The topological polar surface area (TPSA) is 20.3 Å². The fraction of sp³-hybridized carbons (Fsp3) is 0.188. The second-order valence-electron chi connectivity index (χ2n) is 5.01. The van der Waals surface area contributed by atoms with Crippen LogP contribution in [0.5, 0.6) is 0 Å². The molecule has 1 atom stereocenters. The van der Waals surface area contributed by atoms with Crippen LogP contribution in [0, 0.1) is 5.82 Å². The lowest BCUT2D eigenvalue weighted by Crippen LogP contribution is -2.35. The van der Waals surface area contributed by atoms with Gasteiger partial charge in [-0.25, -0.2) is 4.39 Å². The van der Waals surface area contributed by atoms with E-state index in [4.69, 9.17) is 0 Å². The first-order valence-corrected chi connectivity index (χ1v) is 7.23. The van der Waals surface area contributed by atoms with E-state index in [1.54, 1.807) is 4.90 Å². The minimum absolute atomic E-state index is 0.0847. The third-order valence-corrected chi connectivity index (χ3v) is 4.06.